The molecule has 1 aliphatic rings. The van der Waals surface area contributed by atoms with Crippen LogP contribution in [0.25, 0.3) is 0 Å². The maximum Gasteiger partial charge on any atom is 0.388 e. The Balaban J connectivity index is 1.92. The number of nitrogens with zero attached hydrogens (tertiary/aromatic N) is 2. The van der Waals surface area contributed by atoms with Gasteiger partial charge in [-0.25, -0.2) is 4.98 Å². The summed E-state index contributed by atoms with van der Waals surface area (Å²) in [6.07, 6.45) is 0. The monoisotopic (exact) mass is 476 g/mol. The van der Waals surface area contributed by atoms with E-state index in [1.165, 1.54) is 6.07 Å². The van der Waals surface area contributed by atoms with Crippen LogP contribution < -0.4 is 15.4 Å². The van der Waals surface area contributed by atoms with Crippen LogP contribution in [0.2, 0.25) is 0 Å². The van der Waals surface area contributed by atoms with Crippen LogP contribution in [0.3, 0.4) is 0 Å². The van der Waals surface area contributed by atoms with Crippen LogP contribution in [0.15, 0.2) is 36.4 Å². The lowest BCUT2D eigenvalue weighted by molar-refractivity contribution is -0.143. The van der Waals surface area contributed by atoms with Crippen molar-refractivity contribution in [3.8, 4) is 5.88 Å². The lowest BCUT2D eigenvalue weighted by Crippen LogP contribution is -2.67. The number of carbonyl (C=O) groups is 2. The van der Waals surface area contributed by atoms with Crippen LogP contribution >= 0.6 is 0 Å². The SMILES string of the molecule is Cc1ccc(NC(=O)C2(c3ccccc3C(C)C)CN(C(=O)CNCCO)C2)c(OC(F)F)n1. The van der Waals surface area contributed by atoms with Crippen LogP contribution in [-0.4, -0.2) is 66.2 Å². The standard InChI is InChI=1S/C24H30F2N4O4/c1-15(2)17-6-4-5-7-18(17)24(13-30(14-24)20(32)12-27-10-11-31)22(33)29-19-9-8-16(3)28-21(19)34-23(25)26/h4-9,15,23,27,31H,10-14H2,1-3H3,(H,29,33). The third kappa shape index (κ3) is 5.51. The highest BCUT2D eigenvalue weighted by Gasteiger charge is 2.53. The molecule has 3 N–H and O–H groups in total. The smallest absolute Gasteiger partial charge is 0.388 e. The van der Waals surface area contributed by atoms with Crippen LogP contribution in [0.5, 0.6) is 5.88 Å². The number of pyridine rings is 1. The highest BCUT2D eigenvalue weighted by molar-refractivity contribution is 6.02. The van der Waals surface area contributed by atoms with Crippen molar-refractivity contribution in [3.05, 3.63) is 53.2 Å². The van der Waals surface area contributed by atoms with Gasteiger partial charge in [0, 0.05) is 25.3 Å². The summed E-state index contributed by atoms with van der Waals surface area (Å²) in [5, 5.41) is 14.5. The van der Waals surface area contributed by atoms with Crippen molar-refractivity contribution in [1.29, 1.82) is 0 Å². The highest BCUT2D eigenvalue weighted by Crippen LogP contribution is 2.40. The maximum atomic E-state index is 13.7. The predicted octanol–water partition coefficient (Wildman–Crippen LogP) is 2.42. The van der Waals surface area contributed by atoms with Crippen LogP contribution in [-0.2, 0) is 15.0 Å². The molecule has 0 atom stereocenters. The lowest BCUT2D eigenvalue weighted by Gasteiger charge is -2.50. The minimum absolute atomic E-state index is 0.0340. The minimum atomic E-state index is -3.09. The molecule has 0 spiro atoms. The molecule has 0 saturated carbocycles. The molecule has 0 unspecified atom stereocenters. The third-order valence-corrected chi connectivity index (χ3v) is 5.82. The van der Waals surface area contributed by atoms with E-state index in [1.54, 1.807) is 17.9 Å². The first kappa shape index (κ1) is 25.5. The zero-order valence-electron chi connectivity index (χ0n) is 19.5. The second kappa shape index (κ2) is 10.9. The van der Waals surface area contributed by atoms with Gasteiger partial charge in [-0.2, -0.15) is 8.78 Å². The number of rotatable bonds is 10. The predicted molar refractivity (Wildman–Crippen MR) is 123 cm³/mol. The molecule has 0 radical (unpaired) electrons. The first-order chi connectivity index (χ1) is 16.2. The summed E-state index contributed by atoms with van der Waals surface area (Å²) in [7, 11) is 0. The Morgan fingerprint density at radius 1 is 1.21 bits per heavy atom. The third-order valence-electron chi connectivity index (χ3n) is 5.82. The maximum absolute atomic E-state index is 13.7. The molecule has 2 aromatic rings. The first-order valence-electron chi connectivity index (χ1n) is 11.1. The average Bonchev–Trinajstić information content (AvgIpc) is 2.75. The van der Waals surface area contributed by atoms with Gasteiger partial charge in [0.15, 0.2) is 0 Å². The Labute approximate surface area is 197 Å². The lowest BCUT2D eigenvalue weighted by atomic mass is 9.69. The molecule has 1 fully saturated rings. The van der Waals surface area contributed by atoms with Gasteiger partial charge < -0.3 is 25.4 Å². The number of hydrogen-bond donors (Lipinski definition) is 3. The number of aliphatic hydroxyl groups is 1. The molecule has 1 aromatic carbocycles. The van der Waals surface area contributed by atoms with Gasteiger partial charge in [-0.1, -0.05) is 38.1 Å². The van der Waals surface area contributed by atoms with Crippen molar-refractivity contribution in [1.82, 2.24) is 15.2 Å². The summed E-state index contributed by atoms with van der Waals surface area (Å²) in [5.74, 6) is -0.873. The number of aromatic nitrogens is 1. The van der Waals surface area contributed by atoms with Crippen molar-refractivity contribution in [2.24, 2.45) is 0 Å². The van der Waals surface area contributed by atoms with Crippen LogP contribution in [0.4, 0.5) is 14.5 Å². The Morgan fingerprint density at radius 2 is 1.91 bits per heavy atom. The number of alkyl halides is 2. The molecule has 0 aliphatic carbocycles. The molecule has 184 valence electrons. The molecule has 10 heteroatoms. The van der Waals surface area contributed by atoms with Crippen LogP contribution in [0, 0.1) is 6.92 Å². The molecule has 1 aliphatic heterocycles. The number of aryl methyl sites for hydroxylation is 1. The number of amides is 2. The van der Waals surface area contributed by atoms with Gasteiger partial charge in [0.1, 0.15) is 11.1 Å². The molecule has 34 heavy (non-hydrogen) atoms. The quantitative estimate of drug-likeness (QED) is 0.455. The fraction of sp³-hybridized carbons (Fsp3) is 0.458. The number of halogens is 2. The van der Waals surface area contributed by atoms with Crippen molar-refractivity contribution in [3.63, 3.8) is 0 Å². The van der Waals surface area contributed by atoms with E-state index >= 15 is 0 Å². The van der Waals surface area contributed by atoms with Crippen molar-refractivity contribution in [2.75, 3.05) is 38.1 Å². The Kier molecular flexibility index (Phi) is 8.16. The summed E-state index contributed by atoms with van der Waals surface area (Å²) < 4.78 is 30.4. The topological polar surface area (TPSA) is 104 Å². The summed E-state index contributed by atoms with van der Waals surface area (Å²) >= 11 is 0. The van der Waals surface area contributed by atoms with E-state index in [9.17, 15) is 18.4 Å². The minimum Gasteiger partial charge on any atom is -0.415 e. The number of likely N-dealkylation sites (tertiary alicyclic amines) is 1. The molecule has 8 nitrogen and oxygen atoms in total. The van der Waals surface area contributed by atoms with E-state index in [0.717, 1.165) is 11.1 Å². The molecular formula is C24H30F2N4O4. The molecular weight excluding hydrogens is 446 g/mol. The molecule has 0 bridgehead atoms. The van der Waals surface area contributed by atoms with Gasteiger partial charge in [-0.05, 0) is 36.1 Å². The van der Waals surface area contributed by atoms with E-state index in [-0.39, 0.29) is 56.2 Å². The van der Waals surface area contributed by atoms with E-state index in [0.29, 0.717) is 5.69 Å². The number of ether oxygens (including phenoxy) is 1. The van der Waals surface area contributed by atoms with Crippen molar-refractivity contribution >= 4 is 17.5 Å². The molecule has 2 amide bonds. The summed E-state index contributed by atoms with van der Waals surface area (Å²) in [6, 6.07) is 10.6. The fourth-order valence-electron chi connectivity index (χ4n) is 4.08. The summed E-state index contributed by atoms with van der Waals surface area (Å²) in [5.41, 5.74) is 1.18. The Bertz CT molecular complexity index is 1030. The van der Waals surface area contributed by atoms with Gasteiger partial charge >= 0.3 is 6.61 Å². The van der Waals surface area contributed by atoms with E-state index in [2.05, 4.69) is 20.4 Å². The number of benzene rings is 1. The van der Waals surface area contributed by atoms with Gasteiger partial charge in [0.2, 0.25) is 17.7 Å². The number of carbonyl (C=O) groups excluding carboxylic acids is 2. The second-order valence-corrected chi connectivity index (χ2v) is 8.61. The van der Waals surface area contributed by atoms with Gasteiger partial charge in [-0.15, -0.1) is 0 Å². The van der Waals surface area contributed by atoms with Crippen molar-refractivity contribution < 1.29 is 28.2 Å². The fourth-order valence-corrected chi connectivity index (χ4v) is 4.08. The van der Waals surface area contributed by atoms with Gasteiger partial charge in [0.25, 0.3) is 0 Å². The molecule has 2 heterocycles. The van der Waals surface area contributed by atoms with Crippen LogP contribution in [0.1, 0.15) is 36.6 Å². The number of anilines is 1. The molecule has 1 saturated heterocycles. The second-order valence-electron chi connectivity index (χ2n) is 8.61. The van der Waals surface area contributed by atoms with Gasteiger partial charge in [-0.3, -0.25) is 9.59 Å². The summed E-state index contributed by atoms with van der Waals surface area (Å²) in [4.78, 5) is 31.8. The van der Waals surface area contributed by atoms with Gasteiger partial charge in [0.05, 0.1) is 13.2 Å². The molecule has 3 rings (SSSR count). The highest BCUT2D eigenvalue weighted by atomic mass is 19.3. The number of hydrogen-bond acceptors (Lipinski definition) is 6. The molecule has 1 aromatic heterocycles. The Morgan fingerprint density at radius 3 is 2.56 bits per heavy atom. The average molecular weight is 477 g/mol. The van der Waals surface area contributed by atoms with E-state index in [1.807, 2.05) is 38.1 Å². The van der Waals surface area contributed by atoms with E-state index in [4.69, 9.17) is 5.11 Å². The van der Waals surface area contributed by atoms with E-state index < -0.39 is 17.9 Å². The Hall–Kier alpha value is -3.11. The summed E-state index contributed by atoms with van der Waals surface area (Å²) in [6.45, 7) is 3.07. The zero-order valence-corrected chi connectivity index (χ0v) is 19.5. The first-order valence-corrected chi connectivity index (χ1v) is 11.1. The number of nitrogens with one attached hydrogen (secondary N) is 2. The zero-order chi connectivity index (χ0) is 24.9. The number of aliphatic hydroxyl groups excluding tert-OH is 1. The largest absolute Gasteiger partial charge is 0.415 e. The van der Waals surface area contributed by atoms with Crippen molar-refractivity contribution in [2.45, 2.75) is 38.7 Å². The normalized spacial score (nSPS) is 14.8.